The van der Waals surface area contributed by atoms with Gasteiger partial charge in [0.25, 0.3) is 0 Å². The van der Waals surface area contributed by atoms with E-state index in [0.29, 0.717) is 51.0 Å². The van der Waals surface area contributed by atoms with Crippen LogP contribution >= 0.6 is 0 Å². The van der Waals surface area contributed by atoms with Crippen molar-refractivity contribution < 1.29 is 57.2 Å². The van der Waals surface area contributed by atoms with E-state index in [9.17, 15) is 28.8 Å². The fourth-order valence-electron chi connectivity index (χ4n) is 6.61. The normalized spacial score (nSPS) is 13.7. The molecule has 412 valence electrons. The first-order valence-corrected chi connectivity index (χ1v) is 25.4. The minimum Gasteiger partial charge on any atom is -0.444 e. The Morgan fingerprint density at radius 1 is 0.562 bits per heavy atom. The number of alkyl carbamates (subject to hydrolysis) is 2. The van der Waals surface area contributed by atoms with E-state index in [1.54, 1.807) is 109 Å². The van der Waals surface area contributed by atoms with Gasteiger partial charge in [0.2, 0.25) is 11.9 Å². The maximum Gasteiger partial charge on any atom is 0.437 e. The average molecular weight is 1030 g/mol. The molecule has 1 aliphatic heterocycles. The van der Waals surface area contributed by atoms with Crippen LogP contribution in [0.25, 0.3) is 0 Å². The van der Waals surface area contributed by atoms with Gasteiger partial charge in [-0.2, -0.15) is 0 Å². The van der Waals surface area contributed by atoms with Crippen LogP contribution in [0.2, 0.25) is 0 Å². The summed E-state index contributed by atoms with van der Waals surface area (Å²) in [5.41, 5.74) is -3.38. The zero-order valence-corrected chi connectivity index (χ0v) is 47.3. The third kappa shape index (κ3) is 27.6. The van der Waals surface area contributed by atoms with Gasteiger partial charge in [-0.15, -0.1) is 4.99 Å². The van der Waals surface area contributed by atoms with Crippen LogP contribution in [0.3, 0.4) is 0 Å². The van der Waals surface area contributed by atoms with Gasteiger partial charge in [-0.25, -0.2) is 38.6 Å². The second-order valence-corrected chi connectivity index (χ2v) is 23.8. The van der Waals surface area contributed by atoms with Crippen molar-refractivity contribution in [3.63, 3.8) is 0 Å². The van der Waals surface area contributed by atoms with Gasteiger partial charge in [0.15, 0.2) is 0 Å². The number of carbonyl (C=O) groups excluding carboxylic acids is 6. The first-order valence-electron chi connectivity index (χ1n) is 25.4. The highest BCUT2D eigenvalue weighted by Crippen LogP contribution is 2.22. The van der Waals surface area contributed by atoms with Crippen molar-refractivity contribution >= 4 is 54.3 Å². The maximum absolute atomic E-state index is 14.2. The Morgan fingerprint density at radius 3 is 1.47 bits per heavy atom. The SMILES string of the molecule is CC(C)(C)OC(=O)N=C(N(CCCCCCCCN=C(NC(=O)OC(C)(C)C)NC(=O)OC(C)(C)C)C(=O)OC(C)(C)C)N(CCCc1ccc(C2=NCCCN2C(=O)OC(C)(C)C)cc1)C(=O)OC(C)(C)C. The number of amides is 6. The van der Waals surface area contributed by atoms with Crippen LogP contribution in [0, 0.1) is 0 Å². The molecule has 73 heavy (non-hydrogen) atoms. The molecule has 2 N–H and O–H groups in total. The Labute approximate surface area is 434 Å². The van der Waals surface area contributed by atoms with E-state index in [4.69, 9.17) is 28.4 Å². The quantitative estimate of drug-likeness (QED) is 0.0767. The number of carbonyl (C=O) groups is 6. The lowest BCUT2D eigenvalue weighted by Crippen LogP contribution is -2.53. The molecule has 20 nitrogen and oxygen atoms in total. The summed E-state index contributed by atoms with van der Waals surface area (Å²) < 4.78 is 33.7. The third-order valence-corrected chi connectivity index (χ3v) is 9.32. The van der Waals surface area contributed by atoms with Crippen LogP contribution in [-0.2, 0) is 34.8 Å². The zero-order chi connectivity index (χ0) is 55.6. The van der Waals surface area contributed by atoms with E-state index >= 15 is 0 Å². The number of ether oxygens (including phenoxy) is 6. The van der Waals surface area contributed by atoms with E-state index in [1.165, 1.54) is 9.80 Å². The summed E-state index contributed by atoms with van der Waals surface area (Å²) in [5, 5.41) is 4.97. The molecule has 0 unspecified atom stereocenters. The van der Waals surface area contributed by atoms with E-state index in [2.05, 4.69) is 25.6 Å². The summed E-state index contributed by atoms with van der Waals surface area (Å²) in [5.74, 6) is 0.150. The lowest BCUT2D eigenvalue weighted by atomic mass is 10.1. The van der Waals surface area contributed by atoms with Crippen LogP contribution in [0.5, 0.6) is 0 Å². The van der Waals surface area contributed by atoms with Crippen molar-refractivity contribution in [3.05, 3.63) is 35.4 Å². The van der Waals surface area contributed by atoms with E-state index in [0.717, 1.165) is 36.8 Å². The number of unbranched alkanes of at least 4 members (excludes halogenated alkanes) is 5. The molecule has 1 aromatic carbocycles. The standard InChI is InChI=1S/C53H88N8O12/c1-48(2,3)68-42(62)56-40(57-43(63)69-49(4,5)6)55-32-23-21-19-20-22-24-34-60(46(66)72-52(13,14)15)41(58-44(64)70-50(7,8)9)61(47(67)73-53(16,17)18)35-25-27-37-28-30-38(31-29-37)39-54-33-26-36-59(39)45(65)71-51(10,11)12/h28-31H,19-27,32-36H2,1-18H3,(H2,55,56,57,62,63). The highest BCUT2D eigenvalue weighted by molar-refractivity contribution is 6.07. The lowest BCUT2D eigenvalue weighted by Gasteiger charge is -2.34. The Bertz CT molecular complexity index is 2060. The molecule has 0 spiro atoms. The van der Waals surface area contributed by atoms with Crippen molar-refractivity contribution in [2.45, 2.75) is 216 Å². The molecule has 0 radical (unpaired) electrons. The number of nitrogens with one attached hydrogen (secondary N) is 2. The summed E-state index contributed by atoms with van der Waals surface area (Å²) in [7, 11) is 0. The number of nitrogens with zero attached hydrogens (tertiary/aromatic N) is 6. The van der Waals surface area contributed by atoms with Gasteiger partial charge >= 0.3 is 36.6 Å². The van der Waals surface area contributed by atoms with Crippen LogP contribution in [0.1, 0.15) is 187 Å². The molecule has 20 heteroatoms. The van der Waals surface area contributed by atoms with Crippen molar-refractivity contribution in [3.8, 4) is 0 Å². The van der Waals surface area contributed by atoms with Crippen molar-refractivity contribution in [2.24, 2.45) is 15.0 Å². The van der Waals surface area contributed by atoms with Crippen LogP contribution in [0.15, 0.2) is 39.2 Å². The Kier molecular flexibility index (Phi) is 23.7. The molecule has 0 saturated carbocycles. The van der Waals surface area contributed by atoms with Gasteiger partial charge < -0.3 is 28.4 Å². The molecule has 0 atom stereocenters. The van der Waals surface area contributed by atoms with Gasteiger partial charge in [-0.1, -0.05) is 49.9 Å². The summed E-state index contributed by atoms with van der Waals surface area (Å²) in [6, 6.07) is 7.65. The number of hydrogen-bond acceptors (Lipinski definition) is 14. The summed E-state index contributed by atoms with van der Waals surface area (Å²) >= 11 is 0. The van der Waals surface area contributed by atoms with Gasteiger partial charge in [0.05, 0.1) is 0 Å². The second kappa shape index (κ2) is 27.4. The summed E-state index contributed by atoms with van der Waals surface area (Å²) in [6.45, 7) is 32.5. The van der Waals surface area contributed by atoms with Crippen LogP contribution in [-0.4, -0.2) is 135 Å². The molecular weight excluding hydrogens is 941 g/mol. The fourth-order valence-corrected chi connectivity index (χ4v) is 6.61. The smallest absolute Gasteiger partial charge is 0.437 e. The molecule has 6 amide bonds. The highest BCUT2D eigenvalue weighted by atomic mass is 16.6. The second-order valence-electron chi connectivity index (χ2n) is 23.8. The minimum atomic E-state index is -1.01. The number of amidine groups is 1. The third-order valence-electron chi connectivity index (χ3n) is 9.32. The highest BCUT2D eigenvalue weighted by Gasteiger charge is 2.36. The molecule has 0 bridgehead atoms. The predicted molar refractivity (Wildman–Crippen MR) is 282 cm³/mol. The molecule has 0 aromatic heterocycles. The number of aryl methyl sites for hydroxylation is 1. The van der Waals surface area contributed by atoms with Gasteiger partial charge in [-0.3, -0.25) is 25.5 Å². The number of hydrogen-bond donors (Lipinski definition) is 2. The monoisotopic (exact) mass is 1030 g/mol. The van der Waals surface area contributed by atoms with Crippen LogP contribution in [0.4, 0.5) is 28.8 Å². The van der Waals surface area contributed by atoms with E-state index < -0.39 is 70.2 Å². The van der Waals surface area contributed by atoms with Gasteiger partial charge in [0, 0.05) is 38.3 Å². The average Bonchev–Trinajstić information content (AvgIpc) is 3.18. The zero-order valence-electron chi connectivity index (χ0n) is 47.3. The summed E-state index contributed by atoms with van der Waals surface area (Å²) in [4.78, 5) is 97.4. The number of aliphatic imine (C=N–C) groups is 3. The topological polar surface area (TPSA) is 229 Å². The minimum absolute atomic E-state index is 0.0124. The van der Waals surface area contributed by atoms with Crippen molar-refractivity contribution in [1.29, 1.82) is 0 Å². The number of guanidine groups is 2. The predicted octanol–water partition coefficient (Wildman–Crippen LogP) is 11.5. The molecule has 1 aliphatic rings. The molecule has 1 aromatic rings. The first-order chi connectivity index (χ1) is 33.4. The largest absolute Gasteiger partial charge is 0.444 e. The number of benzene rings is 1. The number of rotatable bonds is 14. The van der Waals surface area contributed by atoms with E-state index in [1.807, 2.05) is 45.0 Å². The Hall–Kier alpha value is -5.95. The van der Waals surface area contributed by atoms with Gasteiger partial charge in [0.1, 0.15) is 39.4 Å². The van der Waals surface area contributed by atoms with Gasteiger partial charge in [-0.05, 0) is 162 Å². The Balaban J connectivity index is 2.36. The molecule has 1 heterocycles. The molecule has 0 fully saturated rings. The van der Waals surface area contributed by atoms with Crippen molar-refractivity contribution in [1.82, 2.24) is 25.3 Å². The molecule has 0 saturated heterocycles. The Morgan fingerprint density at radius 2 is 1.00 bits per heavy atom. The maximum atomic E-state index is 14.2. The van der Waals surface area contributed by atoms with Crippen LogP contribution < -0.4 is 10.6 Å². The van der Waals surface area contributed by atoms with E-state index in [-0.39, 0.29) is 31.6 Å². The fraction of sp³-hybridized carbons (Fsp3) is 0.717. The molecule has 0 aliphatic carbocycles. The lowest BCUT2D eigenvalue weighted by molar-refractivity contribution is 0.0268. The summed E-state index contributed by atoms with van der Waals surface area (Å²) in [6.07, 6.45) is 0.894. The molecule has 2 rings (SSSR count). The molecular formula is C53H88N8O12. The first kappa shape index (κ1) is 63.2. The van der Waals surface area contributed by atoms with Crippen molar-refractivity contribution in [2.75, 3.05) is 32.7 Å².